The van der Waals surface area contributed by atoms with Crippen molar-refractivity contribution in [3.63, 3.8) is 0 Å². The lowest BCUT2D eigenvalue weighted by Gasteiger charge is -2.10. The first-order chi connectivity index (χ1) is 12.7. The van der Waals surface area contributed by atoms with E-state index in [2.05, 4.69) is 5.32 Å². The van der Waals surface area contributed by atoms with Crippen LogP contribution in [0.25, 0.3) is 21.7 Å². The van der Waals surface area contributed by atoms with Crippen LogP contribution in [0, 0.1) is 0 Å². The van der Waals surface area contributed by atoms with Crippen molar-refractivity contribution in [1.29, 1.82) is 0 Å². The summed E-state index contributed by atoms with van der Waals surface area (Å²) in [5.74, 6) is 1.40. The van der Waals surface area contributed by atoms with Crippen molar-refractivity contribution in [2.75, 3.05) is 12.4 Å². The van der Waals surface area contributed by atoms with E-state index >= 15 is 0 Å². The van der Waals surface area contributed by atoms with Crippen LogP contribution in [0.15, 0.2) is 66.0 Å². The SMILES string of the molecule is COc1cccc(NC(=O)Cn2c(-c3cccs3)nc3ccccc32)c1. The van der Waals surface area contributed by atoms with Crippen LogP contribution in [-0.4, -0.2) is 22.6 Å². The van der Waals surface area contributed by atoms with E-state index in [1.54, 1.807) is 24.5 Å². The van der Waals surface area contributed by atoms with Crippen molar-refractivity contribution >= 4 is 34.0 Å². The zero-order chi connectivity index (χ0) is 17.9. The molecule has 2 aromatic heterocycles. The average Bonchev–Trinajstić information content (AvgIpc) is 3.30. The average molecular weight is 363 g/mol. The molecule has 0 spiro atoms. The first-order valence-corrected chi connectivity index (χ1v) is 9.05. The summed E-state index contributed by atoms with van der Waals surface area (Å²) in [6, 6.07) is 19.2. The van der Waals surface area contributed by atoms with E-state index in [9.17, 15) is 4.79 Å². The lowest BCUT2D eigenvalue weighted by atomic mass is 10.3. The summed E-state index contributed by atoms with van der Waals surface area (Å²) in [5, 5.41) is 4.94. The van der Waals surface area contributed by atoms with Crippen LogP contribution < -0.4 is 10.1 Å². The highest BCUT2D eigenvalue weighted by molar-refractivity contribution is 7.13. The summed E-state index contributed by atoms with van der Waals surface area (Å²) in [6.07, 6.45) is 0. The topological polar surface area (TPSA) is 56.1 Å². The number of carbonyl (C=O) groups excluding carboxylic acids is 1. The van der Waals surface area contributed by atoms with Crippen LogP contribution in [0.1, 0.15) is 0 Å². The second-order valence-electron chi connectivity index (χ2n) is 5.77. The van der Waals surface area contributed by atoms with Crippen LogP contribution in [0.4, 0.5) is 5.69 Å². The Hall–Kier alpha value is -3.12. The molecular formula is C20H17N3O2S. The number of amides is 1. The predicted octanol–water partition coefficient (Wildman–Crippen LogP) is 4.41. The third-order valence-electron chi connectivity index (χ3n) is 4.05. The van der Waals surface area contributed by atoms with Gasteiger partial charge in [0.05, 0.1) is 23.0 Å². The predicted molar refractivity (Wildman–Crippen MR) is 105 cm³/mol. The number of para-hydroxylation sites is 2. The maximum atomic E-state index is 12.6. The van der Waals surface area contributed by atoms with Gasteiger partial charge in [-0.15, -0.1) is 11.3 Å². The highest BCUT2D eigenvalue weighted by Gasteiger charge is 2.16. The van der Waals surface area contributed by atoms with E-state index in [-0.39, 0.29) is 12.5 Å². The molecule has 0 saturated carbocycles. The summed E-state index contributed by atoms with van der Waals surface area (Å²) in [6.45, 7) is 0.185. The number of hydrogen-bond donors (Lipinski definition) is 1. The fraction of sp³-hybridized carbons (Fsp3) is 0.100. The highest BCUT2D eigenvalue weighted by Crippen LogP contribution is 2.28. The van der Waals surface area contributed by atoms with Gasteiger partial charge in [-0.05, 0) is 35.7 Å². The molecule has 0 radical (unpaired) electrons. The molecule has 5 nitrogen and oxygen atoms in total. The van der Waals surface area contributed by atoms with Crippen LogP contribution in [0.2, 0.25) is 0 Å². The number of rotatable bonds is 5. The van der Waals surface area contributed by atoms with E-state index in [0.717, 1.165) is 21.7 Å². The third kappa shape index (κ3) is 3.19. The Labute approximate surface area is 154 Å². The second-order valence-corrected chi connectivity index (χ2v) is 6.72. The maximum Gasteiger partial charge on any atom is 0.244 e. The number of imidazole rings is 1. The molecule has 0 fully saturated rings. The summed E-state index contributed by atoms with van der Waals surface area (Å²) in [4.78, 5) is 18.4. The zero-order valence-electron chi connectivity index (χ0n) is 14.2. The fourth-order valence-electron chi connectivity index (χ4n) is 2.87. The highest BCUT2D eigenvalue weighted by atomic mass is 32.1. The Morgan fingerprint density at radius 2 is 2.04 bits per heavy atom. The molecule has 0 atom stereocenters. The van der Waals surface area contributed by atoms with Gasteiger partial charge in [0, 0.05) is 11.8 Å². The molecule has 0 saturated heterocycles. The van der Waals surface area contributed by atoms with Gasteiger partial charge in [0.1, 0.15) is 12.3 Å². The van der Waals surface area contributed by atoms with E-state index in [1.165, 1.54) is 0 Å². The van der Waals surface area contributed by atoms with Crippen molar-refractivity contribution in [3.8, 4) is 16.5 Å². The summed E-state index contributed by atoms with van der Waals surface area (Å²) < 4.78 is 7.16. The van der Waals surface area contributed by atoms with E-state index < -0.39 is 0 Å². The fourth-order valence-corrected chi connectivity index (χ4v) is 3.60. The smallest absolute Gasteiger partial charge is 0.244 e. The molecular weight excluding hydrogens is 346 g/mol. The molecule has 0 bridgehead atoms. The minimum Gasteiger partial charge on any atom is -0.497 e. The molecule has 1 amide bonds. The van der Waals surface area contributed by atoms with Crippen molar-refractivity contribution in [2.45, 2.75) is 6.54 Å². The van der Waals surface area contributed by atoms with Crippen molar-refractivity contribution in [2.24, 2.45) is 0 Å². The van der Waals surface area contributed by atoms with E-state index in [4.69, 9.17) is 9.72 Å². The molecule has 0 unspecified atom stereocenters. The molecule has 2 aromatic carbocycles. The van der Waals surface area contributed by atoms with Gasteiger partial charge in [0.15, 0.2) is 5.82 Å². The molecule has 1 N–H and O–H groups in total. The Morgan fingerprint density at radius 1 is 1.15 bits per heavy atom. The minimum absolute atomic E-state index is 0.112. The van der Waals surface area contributed by atoms with Crippen LogP contribution >= 0.6 is 11.3 Å². The van der Waals surface area contributed by atoms with Gasteiger partial charge in [-0.3, -0.25) is 4.79 Å². The lowest BCUT2D eigenvalue weighted by Crippen LogP contribution is -2.19. The van der Waals surface area contributed by atoms with Gasteiger partial charge in [0.2, 0.25) is 5.91 Å². The van der Waals surface area contributed by atoms with E-state index in [1.807, 2.05) is 64.5 Å². The first-order valence-electron chi connectivity index (χ1n) is 8.17. The number of aromatic nitrogens is 2. The molecule has 2 heterocycles. The minimum atomic E-state index is -0.112. The van der Waals surface area contributed by atoms with Crippen molar-refractivity contribution in [3.05, 3.63) is 66.0 Å². The number of methoxy groups -OCH3 is 1. The molecule has 6 heteroatoms. The summed E-state index contributed by atoms with van der Waals surface area (Å²) in [7, 11) is 1.60. The van der Waals surface area contributed by atoms with Crippen LogP contribution in [0.5, 0.6) is 5.75 Å². The Kier molecular flexibility index (Phi) is 4.41. The lowest BCUT2D eigenvalue weighted by molar-refractivity contribution is -0.116. The number of carbonyl (C=O) groups is 1. The molecule has 26 heavy (non-hydrogen) atoms. The van der Waals surface area contributed by atoms with E-state index in [0.29, 0.717) is 11.4 Å². The molecule has 4 rings (SSSR count). The number of nitrogens with one attached hydrogen (secondary N) is 1. The van der Waals surface area contributed by atoms with Crippen LogP contribution in [-0.2, 0) is 11.3 Å². The van der Waals surface area contributed by atoms with Gasteiger partial charge in [-0.2, -0.15) is 0 Å². The van der Waals surface area contributed by atoms with Gasteiger partial charge < -0.3 is 14.6 Å². The number of nitrogens with zero attached hydrogens (tertiary/aromatic N) is 2. The first kappa shape index (κ1) is 16.4. The van der Waals surface area contributed by atoms with Gasteiger partial charge in [-0.1, -0.05) is 24.3 Å². The largest absolute Gasteiger partial charge is 0.497 e. The number of benzene rings is 2. The Bertz CT molecular complexity index is 1050. The zero-order valence-corrected chi connectivity index (χ0v) is 15.0. The Balaban J connectivity index is 1.65. The number of thiophene rings is 1. The number of anilines is 1. The summed E-state index contributed by atoms with van der Waals surface area (Å²) >= 11 is 1.61. The number of hydrogen-bond acceptors (Lipinski definition) is 4. The van der Waals surface area contributed by atoms with Crippen LogP contribution in [0.3, 0.4) is 0 Å². The molecule has 4 aromatic rings. The Morgan fingerprint density at radius 3 is 2.85 bits per heavy atom. The monoisotopic (exact) mass is 363 g/mol. The van der Waals surface area contributed by atoms with Gasteiger partial charge in [-0.25, -0.2) is 4.98 Å². The molecule has 0 aliphatic heterocycles. The molecule has 130 valence electrons. The number of fused-ring (bicyclic) bond motifs is 1. The normalized spacial score (nSPS) is 10.8. The van der Waals surface area contributed by atoms with Crippen molar-refractivity contribution < 1.29 is 9.53 Å². The van der Waals surface area contributed by atoms with Gasteiger partial charge in [0.25, 0.3) is 0 Å². The molecule has 0 aliphatic carbocycles. The second kappa shape index (κ2) is 7.01. The maximum absolute atomic E-state index is 12.6. The number of ether oxygens (including phenoxy) is 1. The standard InChI is InChI=1S/C20H17N3O2S/c1-25-15-7-4-6-14(12-15)21-19(24)13-23-17-9-3-2-8-16(17)22-20(23)18-10-5-11-26-18/h2-12H,13H2,1H3,(H,21,24). The molecule has 0 aliphatic rings. The van der Waals surface area contributed by atoms with Crippen molar-refractivity contribution in [1.82, 2.24) is 9.55 Å². The third-order valence-corrected chi connectivity index (χ3v) is 4.92. The van der Waals surface area contributed by atoms with Gasteiger partial charge >= 0.3 is 0 Å². The quantitative estimate of drug-likeness (QED) is 0.571. The summed E-state index contributed by atoms with van der Waals surface area (Å²) in [5.41, 5.74) is 2.53.